The van der Waals surface area contributed by atoms with Crippen LogP contribution in [-0.4, -0.2) is 9.55 Å². The van der Waals surface area contributed by atoms with Crippen molar-refractivity contribution in [2.75, 3.05) is 0 Å². The zero-order valence-corrected chi connectivity index (χ0v) is 29.9. The van der Waals surface area contributed by atoms with Crippen molar-refractivity contribution in [2.24, 2.45) is 0 Å². The van der Waals surface area contributed by atoms with Crippen LogP contribution in [0.5, 0.6) is 0 Å². The van der Waals surface area contributed by atoms with Crippen molar-refractivity contribution in [3.05, 3.63) is 194 Å². The van der Waals surface area contributed by atoms with Gasteiger partial charge in [0, 0.05) is 11.3 Å². The van der Waals surface area contributed by atoms with E-state index in [9.17, 15) is 0 Å². The zero-order valence-electron chi connectivity index (χ0n) is 29.9. The predicted molar refractivity (Wildman–Crippen MR) is 234 cm³/mol. The number of rotatable bonds is 4. The lowest BCUT2D eigenvalue weighted by atomic mass is 9.86. The molecular weight excluding hydrogens is 665 g/mol. The average molecular weight is 697 g/mol. The molecule has 0 bridgehead atoms. The Bertz CT molecular complexity index is 3420. The molecule has 254 valence electrons. The van der Waals surface area contributed by atoms with Gasteiger partial charge in [0.25, 0.3) is 0 Å². The van der Waals surface area contributed by atoms with Crippen molar-refractivity contribution in [1.29, 1.82) is 0 Å². The first-order chi connectivity index (χ1) is 27.3. The van der Waals surface area contributed by atoms with E-state index < -0.39 is 0 Å². The molecule has 11 aromatic carbocycles. The second kappa shape index (κ2) is 11.6. The van der Waals surface area contributed by atoms with Gasteiger partial charge in [-0.25, -0.2) is 4.98 Å². The first kappa shape index (κ1) is 30.2. The van der Waals surface area contributed by atoms with Gasteiger partial charge in [0.1, 0.15) is 5.82 Å². The van der Waals surface area contributed by atoms with Crippen LogP contribution < -0.4 is 0 Å². The van der Waals surface area contributed by atoms with Gasteiger partial charge in [0.15, 0.2) is 0 Å². The van der Waals surface area contributed by atoms with E-state index in [-0.39, 0.29) is 0 Å². The van der Waals surface area contributed by atoms with Gasteiger partial charge in [0.2, 0.25) is 0 Å². The third-order valence-electron chi connectivity index (χ3n) is 11.6. The summed E-state index contributed by atoms with van der Waals surface area (Å²) in [5, 5.41) is 15.3. The Kier molecular flexibility index (Phi) is 6.37. The molecule has 0 fully saturated rings. The fourth-order valence-corrected chi connectivity index (χ4v) is 9.27. The van der Waals surface area contributed by atoms with Crippen LogP contribution in [-0.2, 0) is 0 Å². The summed E-state index contributed by atoms with van der Waals surface area (Å²) in [5.74, 6) is 0.920. The van der Waals surface area contributed by atoms with Crippen molar-refractivity contribution in [3.63, 3.8) is 0 Å². The molecule has 12 rings (SSSR count). The molecule has 0 spiro atoms. The van der Waals surface area contributed by atoms with Crippen LogP contribution in [0.25, 0.3) is 115 Å². The standard InChI is InChI=1S/C53H32N2/c1-2-18-41(19-3-1)55-49-26-9-8-25-48(49)54-53(55)40-30-37(29-39(31-40)52-42-20-6-4-13-34(42)27-35-14-5-7-21-43(35)52)38-28-36-17-12-23-45-44-22-10-15-33-16-11-24-46(50(33)44)47(32-38)51(36)45/h1-32H. The van der Waals surface area contributed by atoms with Gasteiger partial charge in [-0.2, -0.15) is 0 Å². The summed E-state index contributed by atoms with van der Waals surface area (Å²) in [6, 6.07) is 71.1. The normalized spacial score (nSPS) is 12.0. The van der Waals surface area contributed by atoms with Gasteiger partial charge in [-0.15, -0.1) is 0 Å². The quantitative estimate of drug-likeness (QED) is 0.132. The number of nitrogens with zero attached hydrogens (tertiary/aromatic N) is 2. The number of para-hydroxylation sites is 3. The van der Waals surface area contributed by atoms with Crippen molar-refractivity contribution >= 4 is 75.7 Å². The topological polar surface area (TPSA) is 17.8 Å². The minimum absolute atomic E-state index is 0.920. The van der Waals surface area contributed by atoms with Crippen LogP contribution in [0.3, 0.4) is 0 Å². The van der Waals surface area contributed by atoms with E-state index in [2.05, 4.69) is 199 Å². The third-order valence-corrected chi connectivity index (χ3v) is 11.6. The maximum atomic E-state index is 5.37. The van der Waals surface area contributed by atoms with E-state index in [1.807, 2.05) is 0 Å². The van der Waals surface area contributed by atoms with Crippen LogP contribution >= 0.6 is 0 Å². The summed E-state index contributed by atoms with van der Waals surface area (Å²) in [4.78, 5) is 5.37. The van der Waals surface area contributed by atoms with Gasteiger partial charge in [-0.1, -0.05) is 133 Å². The molecule has 0 amide bonds. The molecule has 0 saturated carbocycles. The van der Waals surface area contributed by atoms with Crippen LogP contribution in [0.2, 0.25) is 0 Å². The maximum Gasteiger partial charge on any atom is 0.145 e. The molecule has 1 aromatic heterocycles. The Hall–Kier alpha value is -7.29. The molecule has 0 aliphatic rings. The molecule has 1 heterocycles. The van der Waals surface area contributed by atoms with E-state index in [4.69, 9.17) is 4.98 Å². The molecule has 0 unspecified atom stereocenters. The van der Waals surface area contributed by atoms with E-state index in [1.165, 1.54) is 81.3 Å². The molecular formula is C53H32N2. The molecule has 2 heteroatoms. The van der Waals surface area contributed by atoms with Crippen LogP contribution in [0.4, 0.5) is 0 Å². The third kappa shape index (κ3) is 4.52. The van der Waals surface area contributed by atoms with Crippen molar-refractivity contribution in [3.8, 4) is 39.3 Å². The Morgan fingerprint density at radius 1 is 0.327 bits per heavy atom. The highest BCUT2D eigenvalue weighted by Crippen LogP contribution is 2.45. The molecule has 0 N–H and O–H groups in total. The summed E-state index contributed by atoms with van der Waals surface area (Å²) in [6.07, 6.45) is 0. The summed E-state index contributed by atoms with van der Waals surface area (Å²) >= 11 is 0. The lowest BCUT2D eigenvalue weighted by Gasteiger charge is -2.18. The van der Waals surface area contributed by atoms with E-state index in [0.717, 1.165) is 33.7 Å². The molecule has 12 aromatic rings. The first-order valence-corrected chi connectivity index (χ1v) is 19.0. The summed E-state index contributed by atoms with van der Waals surface area (Å²) < 4.78 is 2.31. The van der Waals surface area contributed by atoms with Gasteiger partial charge in [0.05, 0.1) is 11.0 Å². The number of benzene rings is 11. The number of hydrogen-bond acceptors (Lipinski definition) is 1. The van der Waals surface area contributed by atoms with Crippen LogP contribution in [0, 0.1) is 0 Å². The molecule has 0 saturated heterocycles. The van der Waals surface area contributed by atoms with E-state index in [0.29, 0.717) is 0 Å². The molecule has 0 aliphatic heterocycles. The van der Waals surface area contributed by atoms with Crippen LogP contribution in [0.15, 0.2) is 194 Å². The van der Waals surface area contributed by atoms with E-state index in [1.54, 1.807) is 0 Å². The SMILES string of the molecule is c1ccc(-n2c(-c3cc(-c4cc5cccc6c7cccc8cccc(c(c4)c56)c87)cc(-c4c5ccccc5cc5ccccc45)c3)nc3ccccc32)cc1. The average Bonchev–Trinajstić information content (AvgIpc) is 3.64. The molecule has 0 atom stereocenters. The summed E-state index contributed by atoms with van der Waals surface area (Å²) in [7, 11) is 0. The molecule has 2 nitrogen and oxygen atoms in total. The van der Waals surface area contributed by atoms with Gasteiger partial charge >= 0.3 is 0 Å². The van der Waals surface area contributed by atoms with Gasteiger partial charge in [-0.05, 0) is 148 Å². The lowest BCUT2D eigenvalue weighted by Crippen LogP contribution is -1.98. The number of aromatic nitrogens is 2. The second-order valence-corrected chi connectivity index (χ2v) is 14.7. The minimum Gasteiger partial charge on any atom is -0.292 e. The molecule has 0 radical (unpaired) electrons. The van der Waals surface area contributed by atoms with Crippen molar-refractivity contribution < 1.29 is 0 Å². The predicted octanol–water partition coefficient (Wildman–Crippen LogP) is 14.4. The highest BCUT2D eigenvalue weighted by molar-refractivity contribution is 6.33. The Labute approximate surface area is 317 Å². The Balaban J connectivity index is 1.21. The highest BCUT2D eigenvalue weighted by atomic mass is 15.1. The summed E-state index contributed by atoms with van der Waals surface area (Å²) in [5.41, 5.74) is 8.96. The maximum absolute atomic E-state index is 5.37. The first-order valence-electron chi connectivity index (χ1n) is 19.0. The largest absolute Gasteiger partial charge is 0.292 e. The minimum atomic E-state index is 0.920. The summed E-state index contributed by atoms with van der Waals surface area (Å²) in [6.45, 7) is 0. The zero-order chi connectivity index (χ0) is 36.0. The monoisotopic (exact) mass is 696 g/mol. The number of fused-ring (bicyclic) bond motifs is 5. The molecule has 55 heavy (non-hydrogen) atoms. The number of hydrogen-bond donors (Lipinski definition) is 0. The van der Waals surface area contributed by atoms with Crippen LogP contribution in [0.1, 0.15) is 0 Å². The lowest BCUT2D eigenvalue weighted by molar-refractivity contribution is 1.10. The fraction of sp³-hybridized carbons (Fsp3) is 0. The van der Waals surface area contributed by atoms with Crippen molar-refractivity contribution in [2.45, 2.75) is 0 Å². The molecule has 0 aliphatic carbocycles. The second-order valence-electron chi connectivity index (χ2n) is 14.7. The highest BCUT2D eigenvalue weighted by Gasteiger charge is 2.20. The fourth-order valence-electron chi connectivity index (χ4n) is 9.27. The van der Waals surface area contributed by atoms with E-state index >= 15 is 0 Å². The number of imidazole rings is 1. The van der Waals surface area contributed by atoms with Gasteiger partial charge < -0.3 is 0 Å². The van der Waals surface area contributed by atoms with Gasteiger partial charge in [-0.3, -0.25) is 4.57 Å². The Morgan fingerprint density at radius 3 is 1.60 bits per heavy atom. The van der Waals surface area contributed by atoms with Crippen molar-refractivity contribution in [1.82, 2.24) is 9.55 Å². The Morgan fingerprint density at radius 2 is 0.855 bits per heavy atom. The smallest absolute Gasteiger partial charge is 0.145 e.